The summed E-state index contributed by atoms with van der Waals surface area (Å²) in [5.74, 6) is -1.57. The molecule has 1 heterocycles. The summed E-state index contributed by atoms with van der Waals surface area (Å²) in [6, 6.07) is 2.36. The number of carbonyl (C=O) groups is 2. The summed E-state index contributed by atoms with van der Waals surface area (Å²) in [4.78, 5) is 23.0. The first-order valence-electron chi connectivity index (χ1n) is 4.98. The van der Waals surface area contributed by atoms with E-state index in [1.54, 1.807) is 17.5 Å². The average Bonchev–Trinajstić information content (AvgIpc) is 2.79. The molecular formula is C10H14N2O4S. The summed E-state index contributed by atoms with van der Waals surface area (Å²) in [6.07, 6.45) is 0. The molecule has 1 aromatic rings. The SMILES string of the molecule is NCCOCC(=O)NC(C(=O)O)c1cccs1. The molecule has 0 aromatic carbocycles. The molecule has 0 spiro atoms. The van der Waals surface area contributed by atoms with Crippen LogP contribution in [-0.4, -0.2) is 36.7 Å². The molecule has 0 aliphatic heterocycles. The highest BCUT2D eigenvalue weighted by molar-refractivity contribution is 7.10. The van der Waals surface area contributed by atoms with Crippen molar-refractivity contribution in [3.05, 3.63) is 22.4 Å². The van der Waals surface area contributed by atoms with Gasteiger partial charge in [0.05, 0.1) is 6.61 Å². The second-order valence-corrected chi connectivity index (χ2v) is 4.17. The molecule has 7 heteroatoms. The van der Waals surface area contributed by atoms with Crippen LogP contribution in [0.3, 0.4) is 0 Å². The van der Waals surface area contributed by atoms with Crippen LogP contribution in [0.5, 0.6) is 0 Å². The van der Waals surface area contributed by atoms with Crippen molar-refractivity contribution in [2.45, 2.75) is 6.04 Å². The van der Waals surface area contributed by atoms with Gasteiger partial charge in [0.1, 0.15) is 6.61 Å². The standard InChI is InChI=1S/C10H14N2O4S/c11-3-4-16-6-8(13)12-9(10(14)15)7-2-1-5-17-7/h1-2,5,9H,3-4,6,11H2,(H,12,13)(H,14,15). The number of aliphatic carboxylic acids is 1. The third-order valence-corrected chi connectivity index (χ3v) is 2.81. The van der Waals surface area contributed by atoms with Gasteiger partial charge in [0, 0.05) is 11.4 Å². The van der Waals surface area contributed by atoms with Crippen LogP contribution in [0, 0.1) is 0 Å². The maximum absolute atomic E-state index is 11.4. The average molecular weight is 258 g/mol. The predicted octanol–water partition coefficient (Wildman–Crippen LogP) is -0.0347. The maximum Gasteiger partial charge on any atom is 0.331 e. The summed E-state index contributed by atoms with van der Waals surface area (Å²) in [7, 11) is 0. The lowest BCUT2D eigenvalue weighted by atomic mass is 10.2. The Morgan fingerprint density at radius 3 is 2.88 bits per heavy atom. The number of nitrogens with two attached hydrogens (primary N) is 1. The number of carboxylic acid groups (broad SMARTS) is 1. The molecule has 0 saturated heterocycles. The Morgan fingerprint density at radius 1 is 1.59 bits per heavy atom. The van der Waals surface area contributed by atoms with Gasteiger partial charge < -0.3 is 20.9 Å². The van der Waals surface area contributed by atoms with Crippen LogP contribution >= 0.6 is 11.3 Å². The van der Waals surface area contributed by atoms with Crippen LogP contribution in [-0.2, 0) is 14.3 Å². The number of ether oxygens (including phenoxy) is 1. The van der Waals surface area contributed by atoms with Crippen molar-refractivity contribution in [2.24, 2.45) is 5.73 Å². The van der Waals surface area contributed by atoms with Gasteiger partial charge in [0.25, 0.3) is 0 Å². The number of hydrogen-bond donors (Lipinski definition) is 3. The minimum atomic E-state index is -1.10. The Balaban J connectivity index is 2.51. The second kappa shape index (κ2) is 7.00. The number of rotatable bonds is 7. The molecule has 1 aromatic heterocycles. The molecule has 0 radical (unpaired) electrons. The second-order valence-electron chi connectivity index (χ2n) is 3.20. The van der Waals surface area contributed by atoms with E-state index in [4.69, 9.17) is 15.6 Å². The van der Waals surface area contributed by atoms with Crippen molar-refractivity contribution in [2.75, 3.05) is 19.8 Å². The summed E-state index contributed by atoms with van der Waals surface area (Å²) in [5, 5.41) is 13.1. The van der Waals surface area contributed by atoms with Crippen molar-refractivity contribution in [3.8, 4) is 0 Å². The van der Waals surface area contributed by atoms with Gasteiger partial charge in [-0.3, -0.25) is 4.79 Å². The third-order valence-electron chi connectivity index (χ3n) is 1.88. The molecule has 0 fully saturated rings. The Bertz CT molecular complexity index is 366. The fourth-order valence-electron chi connectivity index (χ4n) is 1.16. The smallest absolute Gasteiger partial charge is 0.331 e. The fraction of sp³-hybridized carbons (Fsp3) is 0.400. The molecule has 6 nitrogen and oxygen atoms in total. The molecule has 1 unspecified atom stereocenters. The normalized spacial score (nSPS) is 12.1. The highest BCUT2D eigenvalue weighted by atomic mass is 32.1. The number of amides is 1. The van der Waals surface area contributed by atoms with Crippen LogP contribution < -0.4 is 11.1 Å². The van der Waals surface area contributed by atoms with Crippen LogP contribution in [0.2, 0.25) is 0 Å². The number of hydrogen-bond acceptors (Lipinski definition) is 5. The quantitative estimate of drug-likeness (QED) is 0.596. The number of carbonyl (C=O) groups excluding carboxylic acids is 1. The van der Waals surface area contributed by atoms with Gasteiger partial charge in [-0.05, 0) is 11.4 Å². The first-order chi connectivity index (χ1) is 8.15. The van der Waals surface area contributed by atoms with Crippen LogP contribution in [0.15, 0.2) is 17.5 Å². The lowest BCUT2D eigenvalue weighted by molar-refractivity contribution is -0.142. The maximum atomic E-state index is 11.4. The van der Waals surface area contributed by atoms with E-state index in [2.05, 4.69) is 5.32 Å². The molecule has 17 heavy (non-hydrogen) atoms. The Kier molecular flexibility index (Phi) is 5.61. The van der Waals surface area contributed by atoms with Gasteiger partial charge in [-0.2, -0.15) is 0 Å². The summed E-state index contributed by atoms with van der Waals surface area (Å²) >= 11 is 1.27. The molecule has 1 atom stereocenters. The van der Waals surface area contributed by atoms with Gasteiger partial charge in [0.2, 0.25) is 5.91 Å². The molecular weight excluding hydrogens is 244 g/mol. The Hall–Kier alpha value is -1.44. The number of carboxylic acids is 1. The van der Waals surface area contributed by atoms with Crippen molar-refractivity contribution < 1.29 is 19.4 Å². The molecule has 4 N–H and O–H groups in total. The minimum absolute atomic E-state index is 0.188. The molecule has 0 bridgehead atoms. The van der Waals surface area contributed by atoms with Crippen molar-refractivity contribution >= 4 is 23.2 Å². The molecule has 0 aliphatic carbocycles. The zero-order valence-electron chi connectivity index (χ0n) is 9.09. The zero-order valence-corrected chi connectivity index (χ0v) is 9.90. The van der Waals surface area contributed by atoms with E-state index in [0.717, 1.165) is 0 Å². The van der Waals surface area contributed by atoms with Crippen molar-refractivity contribution in [1.82, 2.24) is 5.32 Å². The predicted molar refractivity (Wildman–Crippen MR) is 62.7 cm³/mol. The van der Waals surface area contributed by atoms with Gasteiger partial charge in [-0.15, -0.1) is 11.3 Å². The van der Waals surface area contributed by atoms with Crippen LogP contribution in [0.25, 0.3) is 0 Å². The van der Waals surface area contributed by atoms with Crippen LogP contribution in [0.4, 0.5) is 0 Å². The highest BCUT2D eigenvalue weighted by Gasteiger charge is 2.22. The van der Waals surface area contributed by atoms with E-state index in [1.165, 1.54) is 11.3 Å². The summed E-state index contributed by atoms with van der Waals surface area (Å²) in [6.45, 7) is 0.400. The van der Waals surface area contributed by atoms with E-state index >= 15 is 0 Å². The van der Waals surface area contributed by atoms with E-state index in [9.17, 15) is 9.59 Å². The monoisotopic (exact) mass is 258 g/mol. The molecule has 1 amide bonds. The molecule has 0 aliphatic rings. The molecule has 1 rings (SSSR count). The van der Waals surface area contributed by atoms with Crippen LogP contribution in [0.1, 0.15) is 10.9 Å². The molecule has 94 valence electrons. The van der Waals surface area contributed by atoms with Gasteiger partial charge in [-0.25, -0.2) is 4.79 Å². The van der Waals surface area contributed by atoms with Gasteiger partial charge >= 0.3 is 5.97 Å². The fourth-order valence-corrected chi connectivity index (χ4v) is 1.93. The third kappa shape index (κ3) is 4.51. The van der Waals surface area contributed by atoms with E-state index in [1.807, 2.05) is 0 Å². The number of nitrogens with one attached hydrogen (secondary N) is 1. The Morgan fingerprint density at radius 2 is 2.35 bits per heavy atom. The van der Waals surface area contributed by atoms with E-state index < -0.39 is 17.9 Å². The van der Waals surface area contributed by atoms with Gasteiger partial charge in [-0.1, -0.05) is 6.07 Å². The first-order valence-corrected chi connectivity index (χ1v) is 5.86. The van der Waals surface area contributed by atoms with E-state index in [0.29, 0.717) is 11.4 Å². The minimum Gasteiger partial charge on any atom is -0.479 e. The van der Waals surface area contributed by atoms with E-state index in [-0.39, 0.29) is 13.2 Å². The van der Waals surface area contributed by atoms with Crippen molar-refractivity contribution in [1.29, 1.82) is 0 Å². The summed E-state index contributed by atoms with van der Waals surface area (Å²) < 4.78 is 4.92. The largest absolute Gasteiger partial charge is 0.479 e. The zero-order chi connectivity index (χ0) is 12.7. The lowest BCUT2D eigenvalue weighted by Crippen LogP contribution is -2.35. The first kappa shape index (κ1) is 13.6. The number of thiophene rings is 1. The topological polar surface area (TPSA) is 102 Å². The highest BCUT2D eigenvalue weighted by Crippen LogP contribution is 2.18. The molecule has 0 saturated carbocycles. The van der Waals surface area contributed by atoms with Gasteiger partial charge in [0.15, 0.2) is 6.04 Å². The summed E-state index contributed by atoms with van der Waals surface area (Å²) in [5.41, 5.74) is 5.19. The lowest BCUT2D eigenvalue weighted by Gasteiger charge is -2.12. The van der Waals surface area contributed by atoms with Crippen molar-refractivity contribution in [3.63, 3.8) is 0 Å². The Labute approximate surface area is 102 Å².